The second-order valence-electron chi connectivity index (χ2n) is 4.58. The normalized spacial score (nSPS) is 10.5. The SMILES string of the molecule is CCOC(=O)C(CCCc1cccc(Cl)c1)C(=O)OCC. The molecule has 0 heterocycles. The number of aryl methyl sites for hydroxylation is 1. The predicted octanol–water partition coefficient (Wildman–Crippen LogP) is 3.41. The van der Waals surface area contributed by atoms with Crippen molar-refractivity contribution in [1.82, 2.24) is 0 Å². The maximum absolute atomic E-state index is 11.8. The maximum Gasteiger partial charge on any atom is 0.320 e. The van der Waals surface area contributed by atoms with Gasteiger partial charge in [-0.1, -0.05) is 23.7 Å². The van der Waals surface area contributed by atoms with Gasteiger partial charge in [-0.25, -0.2) is 0 Å². The number of hydrogen-bond donors (Lipinski definition) is 0. The summed E-state index contributed by atoms with van der Waals surface area (Å²) in [6, 6.07) is 7.54. The van der Waals surface area contributed by atoms with Gasteiger partial charge in [-0.3, -0.25) is 9.59 Å². The van der Waals surface area contributed by atoms with Crippen molar-refractivity contribution in [3.8, 4) is 0 Å². The summed E-state index contributed by atoms with van der Waals surface area (Å²) < 4.78 is 9.86. The molecule has 21 heavy (non-hydrogen) atoms. The van der Waals surface area contributed by atoms with Gasteiger partial charge in [-0.2, -0.15) is 0 Å². The number of benzene rings is 1. The second kappa shape index (κ2) is 9.40. The summed E-state index contributed by atoms with van der Waals surface area (Å²) in [7, 11) is 0. The Kier molecular flexibility index (Phi) is 7.83. The Hall–Kier alpha value is -1.55. The molecule has 0 amide bonds. The third-order valence-corrected chi connectivity index (χ3v) is 3.22. The van der Waals surface area contributed by atoms with Crippen molar-refractivity contribution in [2.45, 2.75) is 33.1 Å². The molecule has 1 aromatic rings. The monoisotopic (exact) mass is 312 g/mol. The number of esters is 2. The van der Waals surface area contributed by atoms with Crippen LogP contribution in [-0.2, 0) is 25.5 Å². The van der Waals surface area contributed by atoms with Gasteiger partial charge in [0.05, 0.1) is 13.2 Å². The van der Waals surface area contributed by atoms with E-state index in [9.17, 15) is 9.59 Å². The average Bonchev–Trinajstić information content (AvgIpc) is 2.44. The molecule has 0 atom stereocenters. The molecule has 0 spiro atoms. The predicted molar refractivity (Wildman–Crippen MR) is 81.1 cm³/mol. The molecule has 0 saturated heterocycles. The van der Waals surface area contributed by atoms with Crippen LogP contribution in [0.2, 0.25) is 5.02 Å². The van der Waals surface area contributed by atoms with Gasteiger partial charge in [-0.15, -0.1) is 0 Å². The molecule has 0 aliphatic heterocycles. The van der Waals surface area contributed by atoms with Crippen LogP contribution in [0.1, 0.15) is 32.3 Å². The van der Waals surface area contributed by atoms with Crippen LogP contribution < -0.4 is 0 Å². The standard InChI is InChI=1S/C16H21ClO4/c1-3-20-15(18)14(16(19)21-4-2)10-6-8-12-7-5-9-13(17)11-12/h5,7,9,11,14H,3-4,6,8,10H2,1-2H3. The zero-order valence-electron chi connectivity index (χ0n) is 12.4. The van der Waals surface area contributed by atoms with E-state index in [-0.39, 0.29) is 13.2 Å². The number of ether oxygens (including phenoxy) is 2. The van der Waals surface area contributed by atoms with Crippen molar-refractivity contribution >= 4 is 23.5 Å². The third kappa shape index (κ3) is 6.17. The maximum atomic E-state index is 11.8. The summed E-state index contributed by atoms with van der Waals surface area (Å²) >= 11 is 5.92. The van der Waals surface area contributed by atoms with Crippen LogP contribution in [0, 0.1) is 5.92 Å². The van der Waals surface area contributed by atoms with Gasteiger partial charge in [0.2, 0.25) is 0 Å². The van der Waals surface area contributed by atoms with Crippen molar-refractivity contribution in [3.05, 3.63) is 34.9 Å². The molecule has 0 N–H and O–H groups in total. The first-order valence-electron chi connectivity index (χ1n) is 7.16. The van der Waals surface area contributed by atoms with Crippen molar-refractivity contribution < 1.29 is 19.1 Å². The largest absolute Gasteiger partial charge is 0.465 e. The van der Waals surface area contributed by atoms with E-state index in [0.717, 1.165) is 12.0 Å². The fourth-order valence-corrected chi connectivity index (χ4v) is 2.23. The Morgan fingerprint density at radius 1 is 1.14 bits per heavy atom. The van der Waals surface area contributed by atoms with Crippen LogP contribution in [0.3, 0.4) is 0 Å². The Labute approximate surface area is 130 Å². The minimum absolute atomic E-state index is 0.253. The van der Waals surface area contributed by atoms with E-state index in [0.29, 0.717) is 17.9 Å². The second-order valence-corrected chi connectivity index (χ2v) is 5.02. The summed E-state index contributed by atoms with van der Waals surface area (Å²) in [5.41, 5.74) is 1.08. The molecule has 116 valence electrons. The number of carbonyl (C=O) groups excluding carboxylic acids is 2. The molecule has 4 nitrogen and oxygen atoms in total. The van der Waals surface area contributed by atoms with E-state index in [2.05, 4.69) is 0 Å². The van der Waals surface area contributed by atoms with Crippen LogP contribution in [0.5, 0.6) is 0 Å². The highest BCUT2D eigenvalue weighted by atomic mass is 35.5. The van der Waals surface area contributed by atoms with Crippen LogP contribution in [-0.4, -0.2) is 25.2 Å². The van der Waals surface area contributed by atoms with Crippen molar-refractivity contribution in [3.63, 3.8) is 0 Å². The summed E-state index contributed by atoms with van der Waals surface area (Å²) in [5, 5.41) is 0.680. The smallest absolute Gasteiger partial charge is 0.320 e. The van der Waals surface area contributed by atoms with Crippen LogP contribution >= 0.6 is 11.6 Å². The van der Waals surface area contributed by atoms with E-state index in [1.165, 1.54) is 0 Å². The molecule has 0 aliphatic carbocycles. The number of carbonyl (C=O) groups is 2. The zero-order valence-corrected chi connectivity index (χ0v) is 13.2. The Bertz CT molecular complexity index is 455. The summed E-state index contributed by atoms with van der Waals surface area (Å²) in [6.07, 6.45) is 1.84. The molecule has 5 heteroatoms. The fourth-order valence-electron chi connectivity index (χ4n) is 2.02. The van der Waals surface area contributed by atoms with Crippen LogP contribution in [0.25, 0.3) is 0 Å². The summed E-state index contributed by atoms with van der Waals surface area (Å²) in [6.45, 7) is 3.93. The molecular formula is C16H21ClO4. The van der Waals surface area contributed by atoms with E-state index in [4.69, 9.17) is 21.1 Å². The molecular weight excluding hydrogens is 292 g/mol. The van der Waals surface area contributed by atoms with Crippen molar-refractivity contribution in [2.24, 2.45) is 5.92 Å². The number of hydrogen-bond acceptors (Lipinski definition) is 4. The highest BCUT2D eigenvalue weighted by Gasteiger charge is 2.28. The highest BCUT2D eigenvalue weighted by Crippen LogP contribution is 2.17. The summed E-state index contributed by atoms with van der Waals surface area (Å²) in [5.74, 6) is -1.87. The Balaban J connectivity index is 2.56. The quantitative estimate of drug-likeness (QED) is 0.545. The van der Waals surface area contributed by atoms with E-state index < -0.39 is 17.9 Å². The fraction of sp³-hybridized carbons (Fsp3) is 0.500. The third-order valence-electron chi connectivity index (χ3n) is 2.99. The molecule has 0 bridgehead atoms. The summed E-state index contributed by atoms with van der Waals surface area (Å²) in [4.78, 5) is 23.6. The molecule has 0 radical (unpaired) electrons. The molecule has 1 aromatic carbocycles. The van der Waals surface area contributed by atoms with Gasteiger partial charge in [0.15, 0.2) is 5.92 Å². The lowest BCUT2D eigenvalue weighted by atomic mass is 9.99. The van der Waals surface area contributed by atoms with E-state index in [1.54, 1.807) is 13.8 Å². The number of rotatable bonds is 8. The van der Waals surface area contributed by atoms with Gasteiger partial charge < -0.3 is 9.47 Å². The van der Waals surface area contributed by atoms with Crippen molar-refractivity contribution in [2.75, 3.05) is 13.2 Å². The molecule has 1 rings (SSSR count). The lowest BCUT2D eigenvalue weighted by Crippen LogP contribution is -2.28. The molecule has 0 saturated carbocycles. The van der Waals surface area contributed by atoms with E-state index >= 15 is 0 Å². The van der Waals surface area contributed by atoms with E-state index in [1.807, 2.05) is 24.3 Å². The number of halogens is 1. The van der Waals surface area contributed by atoms with Crippen LogP contribution in [0.15, 0.2) is 24.3 Å². The Morgan fingerprint density at radius 2 is 1.76 bits per heavy atom. The minimum atomic E-state index is -0.843. The first-order chi connectivity index (χ1) is 10.1. The Morgan fingerprint density at radius 3 is 2.29 bits per heavy atom. The highest BCUT2D eigenvalue weighted by molar-refractivity contribution is 6.30. The molecule has 0 aliphatic rings. The lowest BCUT2D eigenvalue weighted by molar-refractivity contribution is -0.161. The van der Waals surface area contributed by atoms with Crippen molar-refractivity contribution in [1.29, 1.82) is 0 Å². The van der Waals surface area contributed by atoms with Crippen LogP contribution in [0.4, 0.5) is 0 Å². The van der Waals surface area contributed by atoms with Gasteiger partial charge in [-0.05, 0) is 50.8 Å². The molecule has 0 fully saturated rings. The zero-order chi connectivity index (χ0) is 15.7. The molecule has 0 aromatic heterocycles. The first kappa shape index (κ1) is 17.5. The first-order valence-corrected chi connectivity index (χ1v) is 7.54. The van der Waals surface area contributed by atoms with Gasteiger partial charge in [0, 0.05) is 5.02 Å². The lowest BCUT2D eigenvalue weighted by Gasteiger charge is -2.14. The van der Waals surface area contributed by atoms with Gasteiger partial charge in [0.1, 0.15) is 0 Å². The topological polar surface area (TPSA) is 52.6 Å². The average molecular weight is 313 g/mol. The molecule has 0 unspecified atom stereocenters. The van der Waals surface area contributed by atoms with Gasteiger partial charge >= 0.3 is 11.9 Å². The van der Waals surface area contributed by atoms with Gasteiger partial charge in [0.25, 0.3) is 0 Å². The minimum Gasteiger partial charge on any atom is -0.465 e.